The molecule has 0 amide bonds. The van der Waals surface area contributed by atoms with Gasteiger partial charge in [0.1, 0.15) is 11.2 Å². The number of para-hydroxylation sites is 1. The topological polar surface area (TPSA) is 16.4 Å². The molecule has 6 aromatic carbocycles. The number of rotatable bonds is 2. The van der Waals surface area contributed by atoms with Crippen LogP contribution in [0.1, 0.15) is 28.2 Å². The van der Waals surface area contributed by atoms with Crippen molar-refractivity contribution in [1.82, 2.24) is 0 Å². The van der Waals surface area contributed by atoms with Gasteiger partial charge in [-0.3, -0.25) is 0 Å². The summed E-state index contributed by atoms with van der Waals surface area (Å²) in [6.45, 7) is 0. The van der Waals surface area contributed by atoms with Crippen molar-refractivity contribution in [2.75, 3.05) is 4.90 Å². The molecule has 0 radical (unpaired) electrons. The Morgan fingerprint density at radius 3 is 2.37 bits per heavy atom. The highest BCUT2D eigenvalue weighted by Crippen LogP contribution is 2.53. The number of hydrogen-bond donors (Lipinski definition) is 0. The second kappa shape index (κ2) is 8.59. The first-order valence-electron chi connectivity index (χ1n) is 15.2. The summed E-state index contributed by atoms with van der Waals surface area (Å²) < 4.78 is 6.90. The number of hydrogen-bond acceptors (Lipinski definition) is 2. The molecule has 2 atom stereocenters. The molecule has 2 nitrogen and oxygen atoms in total. The highest BCUT2D eigenvalue weighted by Gasteiger charge is 2.39. The molecule has 2 aliphatic carbocycles. The number of nitrogens with zero attached hydrogens (tertiary/aromatic N) is 1. The van der Waals surface area contributed by atoms with Gasteiger partial charge in [-0.05, 0) is 51.3 Å². The van der Waals surface area contributed by atoms with E-state index in [0.29, 0.717) is 0 Å². The van der Waals surface area contributed by atoms with Gasteiger partial charge in [0.25, 0.3) is 0 Å². The Labute approximate surface area is 249 Å². The van der Waals surface area contributed by atoms with Crippen LogP contribution in [0.2, 0.25) is 0 Å². The van der Waals surface area contributed by atoms with Gasteiger partial charge in [0.2, 0.25) is 0 Å². The standard InChI is InChI=1S/C41H27NO/c1-2-10-25(11-3-1)26-19-21-36-34(23-26)31-15-8-9-17-35(31)42(36)37-24-38-40(32-16-7-6-14-30(32)37)33-20-18-28-22-27-12-4-5-13-29(27)39(28)41(33)43-38/h1-21,23-24,34,36H,22H2. The Hall–Kier alpha value is -5.34. The Morgan fingerprint density at radius 1 is 0.651 bits per heavy atom. The smallest absolute Gasteiger partial charge is 0.143 e. The van der Waals surface area contributed by atoms with Crippen LogP contribution in [-0.4, -0.2) is 6.04 Å². The van der Waals surface area contributed by atoms with Gasteiger partial charge >= 0.3 is 0 Å². The van der Waals surface area contributed by atoms with Crippen LogP contribution in [0.15, 0.2) is 144 Å². The minimum absolute atomic E-state index is 0.186. The van der Waals surface area contributed by atoms with Gasteiger partial charge in [0.15, 0.2) is 0 Å². The summed E-state index contributed by atoms with van der Waals surface area (Å²) in [6.07, 6.45) is 8.12. The van der Waals surface area contributed by atoms with E-state index < -0.39 is 0 Å². The summed E-state index contributed by atoms with van der Waals surface area (Å²) in [5.74, 6) is 0.265. The summed E-state index contributed by atoms with van der Waals surface area (Å²) in [7, 11) is 0. The Bertz CT molecular complexity index is 2340. The van der Waals surface area contributed by atoms with E-state index in [-0.39, 0.29) is 12.0 Å². The van der Waals surface area contributed by atoms with E-state index in [1.165, 1.54) is 71.9 Å². The van der Waals surface area contributed by atoms with Gasteiger partial charge in [0.05, 0.1) is 11.7 Å². The maximum Gasteiger partial charge on any atom is 0.143 e. The quantitative estimate of drug-likeness (QED) is 0.213. The van der Waals surface area contributed by atoms with E-state index >= 15 is 0 Å². The lowest BCUT2D eigenvalue weighted by Crippen LogP contribution is -2.29. The molecule has 3 aliphatic rings. The van der Waals surface area contributed by atoms with Crippen molar-refractivity contribution >= 4 is 49.7 Å². The van der Waals surface area contributed by atoms with E-state index in [0.717, 1.165) is 17.6 Å². The molecule has 43 heavy (non-hydrogen) atoms. The number of furan rings is 1. The van der Waals surface area contributed by atoms with Crippen molar-refractivity contribution < 1.29 is 4.42 Å². The minimum Gasteiger partial charge on any atom is -0.455 e. The molecule has 2 unspecified atom stereocenters. The third-order valence-corrected chi connectivity index (χ3v) is 9.80. The molecule has 0 bridgehead atoms. The van der Waals surface area contributed by atoms with Crippen molar-refractivity contribution in [2.24, 2.45) is 0 Å². The lowest BCUT2D eigenvalue weighted by Gasteiger charge is -2.30. The first-order valence-corrected chi connectivity index (χ1v) is 15.2. The van der Waals surface area contributed by atoms with Crippen LogP contribution in [0.3, 0.4) is 0 Å². The molecule has 0 saturated heterocycles. The van der Waals surface area contributed by atoms with Gasteiger partial charge in [-0.1, -0.05) is 127 Å². The third kappa shape index (κ3) is 3.18. The maximum atomic E-state index is 6.90. The Kier molecular flexibility index (Phi) is 4.65. The predicted molar refractivity (Wildman–Crippen MR) is 178 cm³/mol. The fourth-order valence-electron chi connectivity index (χ4n) is 7.94. The highest BCUT2D eigenvalue weighted by atomic mass is 16.3. The zero-order valence-electron chi connectivity index (χ0n) is 23.5. The maximum absolute atomic E-state index is 6.90. The van der Waals surface area contributed by atoms with Gasteiger partial charge in [0, 0.05) is 39.4 Å². The SMILES string of the molecule is C1=CC2C(C=C1c1ccccc1)c1ccccc1N2c1cc2oc3c4c(ccc3c2c2ccccc12)Cc1ccccc1-4. The van der Waals surface area contributed by atoms with Crippen molar-refractivity contribution in [1.29, 1.82) is 0 Å². The molecule has 0 fully saturated rings. The van der Waals surface area contributed by atoms with Crippen molar-refractivity contribution in [3.8, 4) is 11.1 Å². The monoisotopic (exact) mass is 549 g/mol. The number of fused-ring (bicyclic) bond motifs is 12. The molecule has 0 spiro atoms. The van der Waals surface area contributed by atoms with E-state index in [1.807, 2.05) is 0 Å². The van der Waals surface area contributed by atoms with E-state index in [2.05, 4.69) is 144 Å². The molecule has 0 N–H and O–H groups in total. The van der Waals surface area contributed by atoms with E-state index in [9.17, 15) is 0 Å². The lowest BCUT2D eigenvalue weighted by atomic mass is 9.86. The van der Waals surface area contributed by atoms with Crippen LogP contribution >= 0.6 is 0 Å². The van der Waals surface area contributed by atoms with E-state index in [4.69, 9.17) is 4.42 Å². The zero-order chi connectivity index (χ0) is 28.1. The molecule has 1 aliphatic heterocycles. The van der Waals surface area contributed by atoms with Gasteiger partial charge in [-0.2, -0.15) is 0 Å². The fraction of sp³-hybridized carbons (Fsp3) is 0.0732. The van der Waals surface area contributed by atoms with Crippen molar-refractivity contribution in [3.63, 3.8) is 0 Å². The largest absolute Gasteiger partial charge is 0.455 e. The molecule has 2 heterocycles. The summed E-state index contributed by atoms with van der Waals surface area (Å²) in [6, 6.07) is 44.3. The highest BCUT2D eigenvalue weighted by molar-refractivity contribution is 6.24. The first kappa shape index (κ1) is 23.2. The molecular weight excluding hydrogens is 522 g/mol. The van der Waals surface area contributed by atoms with Crippen molar-refractivity contribution in [2.45, 2.75) is 18.4 Å². The van der Waals surface area contributed by atoms with Crippen LogP contribution in [-0.2, 0) is 6.42 Å². The van der Waals surface area contributed by atoms with Gasteiger partial charge < -0.3 is 9.32 Å². The van der Waals surface area contributed by atoms with Crippen LogP contribution < -0.4 is 4.90 Å². The van der Waals surface area contributed by atoms with Gasteiger partial charge in [-0.25, -0.2) is 0 Å². The molecule has 0 saturated carbocycles. The molecule has 2 heteroatoms. The Balaban J connectivity index is 1.21. The normalized spacial score (nSPS) is 18.1. The molecule has 10 rings (SSSR count). The summed E-state index contributed by atoms with van der Waals surface area (Å²) in [4.78, 5) is 2.55. The molecule has 202 valence electrons. The second-order valence-electron chi connectivity index (χ2n) is 12.0. The molecular formula is C41H27NO. The third-order valence-electron chi connectivity index (χ3n) is 9.80. The minimum atomic E-state index is 0.186. The van der Waals surface area contributed by atoms with Crippen LogP contribution in [0.4, 0.5) is 11.4 Å². The van der Waals surface area contributed by atoms with Crippen molar-refractivity contribution in [3.05, 3.63) is 162 Å². The first-order chi connectivity index (χ1) is 21.3. The van der Waals surface area contributed by atoms with Gasteiger partial charge in [-0.15, -0.1) is 0 Å². The number of anilines is 2. The number of benzene rings is 6. The lowest BCUT2D eigenvalue weighted by molar-refractivity contribution is 0.669. The number of allylic oxidation sites excluding steroid dienone is 2. The molecule has 7 aromatic rings. The Morgan fingerprint density at radius 2 is 1.44 bits per heavy atom. The fourth-order valence-corrected chi connectivity index (χ4v) is 7.94. The van der Waals surface area contributed by atoms with E-state index in [1.54, 1.807) is 0 Å². The second-order valence-corrected chi connectivity index (χ2v) is 12.0. The van der Waals surface area contributed by atoms with Crippen LogP contribution in [0.25, 0.3) is 49.4 Å². The zero-order valence-corrected chi connectivity index (χ0v) is 23.5. The average molecular weight is 550 g/mol. The van der Waals surface area contributed by atoms with Crippen LogP contribution in [0.5, 0.6) is 0 Å². The summed E-state index contributed by atoms with van der Waals surface area (Å²) in [5.41, 5.74) is 13.6. The van der Waals surface area contributed by atoms with Crippen LogP contribution in [0, 0.1) is 0 Å². The summed E-state index contributed by atoms with van der Waals surface area (Å²) in [5, 5.41) is 4.89. The average Bonchev–Trinajstić information content (AvgIpc) is 3.74. The molecule has 1 aromatic heterocycles. The predicted octanol–water partition coefficient (Wildman–Crippen LogP) is 10.6. The summed E-state index contributed by atoms with van der Waals surface area (Å²) >= 11 is 0.